The third-order valence-corrected chi connectivity index (χ3v) is 3.32. The second kappa shape index (κ2) is 5.88. The van der Waals surface area contributed by atoms with Gasteiger partial charge in [-0.05, 0) is 30.9 Å². The summed E-state index contributed by atoms with van der Waals surface area (Å²) in [7, 11) is 0. The van der Waals surface area contributed by atoms with E-state index in [2.05, 4.69) is 13.0 Å². The van der Waals surface area contributed by atoms with Crippen LogP contribution in [0.25, 0.3) is 0 Å². The van der Waals surface area contributed by atoms with Gasteiger partial charge in [0, 0.05) is 13.2 Å². The van der Waals surface area contributed by atoms with Crippen LogP contribution in [0.15, 0.2) is 24.3 Å². The van der Waals surface area contributed by atoms with Crippen molar-refractivity contribution in [3.63, 3.8) is 0 Å². The second-order valence-electron chi connectivity index (χ2n) is 4.83. The van der Waals surface area contributed by atoms with Gasteiger partial charge in [0.15, 0.2) is 0 Å². The van der Waals surface area contributed by atoms with Gasteiger partial charge in [-0.15, -0.1) is 0 Å². The van der Waals surface area contributed by atoms with Crippen LogP contribution in [-0.2, 0) is 11.2 Å². The van der Waals surface area contributed by atoms with Crippen molar-refractivity contribution in [1.82, 2.24) is 0 Å². The highest BCUT2D eigenvalue weighted by atomic mass is 16.5. The molecule has 1 aliphatic heterocycles. The molecule has 3 heteroatoms. The first kappa shape index (κ1) is 12.9. The molecule has 0 aliphatic carbocycles. The molecular weight excluding hydrogens is 226 g/mol. The van der Waals surface area contributed by atoms with E-state index in [0.717, 1.165) is 37.2 Å². The monoisotopic (exact) mass is 245 g/mol. The number of nitriles is 1. The van der Waals surface area contributed by atoms with Gasteiger partial charge in [0.05, 0.1) is 11.5 Å². The topological polar surface area (TPSA) is 42.2 Å². The molecule has 0 aromatic heterocycles. The molecule has 0 fully saturated rings. The molecule has 1 heterocycles. The van der Waals surface area contributed by atoms with Crippen LogP contribution in [0.2, 0.25) is 0 Å². The molecule has 1 aromatic rings. The maximum atomic E-state index is 9.44. The van der Waals surface area contributed by atoms with Crippen molar-refractivity contribution in [3.05, 3.63) is 29.8 Å². The van der Waals surface area contributed by atoms with Gasteiger partial charge >= 0.3 is 0 Å². The number of benzene rings is 1. The van der Waals surface area contributed by atoms with Crippen molar-refractivity contribution in [1.29, 1.82) is 5.26 Å². The first-order chi connectivity index (χ1) is 8.79. The number of hydrogen-bond donors (Lipinski definition) is 0. The SMILES string of the molecule is CCCOCCC1(C#N)COc2ccccc2C1. The molecule has 3 nitrogen and oxygen atoms in total. The molecule has 0 saturated heterocycles. The summed E-state index contributed by atoms with van der Waals surface area (Å²) >= 11 is 0. The molecule has 1 unspecified atom stereocenters. The average Bonchev–Trinajstić information content (AvgIpc) is 2.43. The van der Waals surface area contributed by atoms with Crippen LogP contribution in [0.4, 0.5) is 0 Å². The minimum atomic E-state index is -0.428. The molecule has 1 atom stereocenters. The van der Waals surface area contributed by atoms with E-state index in [0.29, 0.717) is 13.2 Å². The Kier molecular flexibility index (Phi) is 4.22. The Bertz CT molecular complexity index is 438. The molecule has 1 aliphatic rings. The van der Waals surface area contributed by atoms with E-state index < -0.39 is 5.41 Å². The molecule has 0 radical (unpaired) electrons. The van der Waals surface area contributed by atoms with Crippen LogP contribution in [0.1, 0.15) is 25.3 Å². The van der Waals surface area contributed by atoms with Gasteiger partial charge in [-0.2, -0.15) is 5.26 Å². The molecule has 1 aromatic carbocycles. The summed E-state index contributed by atoms with van der Waals surface area (Å²) in [6.07, 6.45) is 2.51. The zero-order valence-electron chi connectivity index (χ0n) is 10.8. The fourth-order valence-electron chi connectivity index (χ4n) is 2.22. The summed E-state index contributed by atoms with van der Waals surface area (Å²) in [5, 5.41) is 9.44. The summed E-state index contributed by atoms with van der Waals surface area (Å²) < 4.78 is 11.2. The van der Waals surface area contributed by atoms with Crippen molar-refractivity contribution in [2.75, 3.05) is 19.8 Å². The molecule has 0 amide bonds. The number of hydrogen-bond acceptors (Lipinski definition) is 3. The lowest BCUT2D eigenvalue weighted by atomic mass is 9.79. The predicted molar refractivity (Wildman–Crippen MR) is 69.4 cm³/mol. The van der Waals surface area contributed by atoms with Crippen LogP contribution in [-0.4, -0.2) is 19.8 Å². The third kappa shape index (κ3) is 2.83. The second-order valence-corrected chi connectivity index (χ2v) is 4.83. The predicted octanol–water partition coefficient (Wildman–Crippen LogP) is 2.95. The lowest BCUT2D eigenvalue weighted by molar-refractivity contribution is 0.0823. The highest BCUT2D eigenvalue weighted by Gasteiger charge is 2.35. The van der Waals surface area contributed by atoms with Gasteiger partial charge in [-0.3, -0.25) is 0 Å². The van der Waals surface area contributed by atoms with Gasteiger partial charge in [-0.25, -0.2) is 0 Å². The third-order valence-electron chi connectivity index (χ3n) is 3.32. The maximum Gasteiger partial charge on any atom is 0.122 e. The summed E-state index contributed by atoms with van der Waals surface area (Å²) in [5.74, 6) is 0.915. The van der Waals surface area contributed by atoms with E-state index in [-0.39, 0.29) is 0 Å². The highest BCUT2D eigenvalue weighted by Crippen LogP contribution is 2.36. The van der Waals surface area contributed by atoms with E-state index in [1.54, 1.807) is 0 Å². The molecule has 96 valence electrons. The Balaban J connectivity index is 2.01. The van der Waals surface area contributed by atoms with Crippen molar-refractivity contribution in [2.24, 2.45) is 5.41 Å². The average molecular weight is 245 g/mol. The number of ether oxygens (including phenoxy) is 2. The van der Waals surface area contributed by atoms with Crippen LogP contribution in [0.5, 0.6) is 5.75 Å². The number of para-hydroxylation sites is 1. The Morgan fingerprint density at radius 2 is 2.22 bits per heavy atom. The quantitative estimate of drug-likeness (QED) is 0.749. The molecule has 0 N–H and O–H groups in total. The fourth-order valence-corrected chi connectivity index (χ4v) is 2.22. The summed E-state index contributed by atoms with van der Waals surface area (Å²) in [6.45, 7) is 3.95. The van der Waals surface area contributed by atoms with E-state index in [9.17, 15) is 5.26 Å². The van der Waals surface area contributed by atoms with Crippen molar-refractivity contribution < 1.29 is 9.47 Å². The largest absolute Gasteiger partial charge is 0.492 e. The summed E-state index contributed by atoms with van der Waals surface area (Å²) in [4.78, 5) is 0. The Hall–Kier alpha value is -1.53. The van der Waals surface area contributed by atoms with Crippen LogP contribution >= 0.6 is 0 Å². The van der Waals surface area contributed by atoms with Gasteiger partial charge in [-0.1, -0.05) is 25.1 Å². The Labute approximate surface area is 108 Å². The Morgan fingerprint density at radius 1 is 1.39 bits per heavy atom. The fraction of sp³-hybridized carbons (Fsp3) is 0.533. The van der Waals surface area contributed by atoms with Crippen molar-refractivity contribution >= 4 is 0 Å². The molecule has 0 spiro atoms. The molecular formula is C15H19NO2. The highest BCUT2D eigenvalue weighted by molar-refractivity contribution is 5.37. The molecule has 18 heavy (non-hydrogen) atoms. The summed E-state index contributed by atoms with van der Waals surface area (Å²) in [5.41, 5.74) is 0.697. The maximum absolute atomic E-state index is 9.44. The number of nitrogens with zero attached hydrogens (tertiary/aromatic N) is 1. The first-order valence-electron chi connectivity index (χ1n) is 6.49. The van der Waals surface area contributed by atoms with E-state index in [4.69, 9.17) is 9.47 Å². The smallest absolute Gasteiger partial charge is 0.122 e. The number of rotatable bonds is 5. The van der Waals surface area contributed by atoms with Gasteiger partial charge in [0.2, 0.25) is 0 Å². The van der Waals surface area contributed by atoms with Crippen LogP contribution < -0.4 is 4.74 Å². The standard InChI is InChI=1S/C15H19NO2/c1-2-8-17-9-7-15(11-16)10-13-5-3-4-6-14(13)18-12-15/h3-6H,2,7-10,12H2,1H3. The molecule has 0 saturated carbocycles. The molecule has 2 rings (SSSR count). The van der Waals surface area contributed by atoms with Crippen molar-refractivity contribution in [2.45, 2.75) is 26.2 Å². The Morgan fingerprint density at radius 3 is 3.00 bits per heavy atom. The minimum absolute atomic E-state index is 0.428. The van der Waals surface area contributed by atoms with Gasteiger partial charge in [0.25, 0.3) is 0 Å². The normalized spacial score (nSPS) is 21.8. The summed E-state index contributed by atoms with van der Waals surface area (Å²) in [6, 6.07) is 10.4. The lowest BCUT2D eigenvalue weighted by Crippen LogP contribution is -2.34. The van der Waals surface area contributed by atoms with Crippen molar-refractivity contribution in [3.8, 4) is 11.8 Å². The van der Waals surface area contributed by atoms with Gasteiger partial charge in [0.1, 0.15) is 12.4 Å². The number of fused-ring (bicyclic) bond motifs is 1. The molecule has 0 bridgehead atoms. The van der Waals surface area contributed by atoms with E-state index in [1.807, 2.05) is 24.3 Å². The lowest BCUT2D eigenvalue weighted by Gasteiger charge is -2.32. The first-order valence-corrected chi connectivity index (χ1v) is 6.49. The van der Waals surface area contributed by atoms with Gasteiger partial charge < -0.3 is 9.47 Å². The zero-order valence-corrected chi connectivity index (χ0v) is 10.8. The zero-order chi connectivity index (χ0) is 12.8. The van der Waals surface area contributed by atoms with E-state index >= 15 is 0 Å². The van der Waals surface area contributed by atoms with Crippen LogP contribution in [0, 0.1) is 16.7 Å². The van der Waals surface area contributed by atoms with Crippen LogP contribution in [0.3, 0.4) is 0 Å². The van der Waals surface area contributed by atoms with E-state index in [1.165, 1.54) is 0 Å². The minimum Gasteiger partial charge on any atom is -0.492 e.